The number of aromatic nitrogens is 2. The van der Waals surface area contributed by atoms with Crippen LogP contribution in [0.1, 0.15) is 16.8 Å². The first kappa shape index (κ1) is 20.3. The van der Waals surface area contributed by atoms with Gasteiger partial charge in [-0.25, -0.2) is 4.98 Å². The van der Waals surface area contributed by atoms with Crippen molar-refractivity contribution in [1.29, 1.82) is 0 Å². The van der Waals surface area contributed by atoms with Crippen LogP contribution in [-0.4, -0.2) is 31.3 Å². The van der Waals surface area contributed by atoms with Gasteiger partial charge in [-0.15, -0.1) is 0 Å². The van der Waals surface area contributed by atoms with E-state index in [-0.39, 0.29) is 0 Å². The van der Waals surface area contributed by atoms with Crippen molar-refractivity contribution in [3.8, 4) is 17.2 Å². The zero-order valence-corrected chi connectivity index (χ0v) is 17.2. The van der Waals surface area contributed by atoms with E-state index in [0.717, 1.165) is 17.1 Å². The first-order valence-corrected chi connectivity index (χ1v) is 9.29. The van der Waals surface area contributed by atoms with E-state index in [1.165, 1.54) is 5.56 Å². The maximum Gasteiger partial charge on any atom is 0.225 e. The van der Waals surface area contributed by atoms with E-state index >= 15 is 0 Å². The Hall–Kier alpha value is -3.48. The highest BCUT2D eigenvalue weighted by Crippen LogP contribution is 2.38. The van der Waals surface area contributed by atoms with Crippen molar-refractivity contribution >= 4 is 11.8 Å². The summed E-state index contributed by atoms with van der Waals surface area (Å²) in [5.41, 5.74) is 3.03. The molecule has 2 aromatic carbocycles. The van der Waals surface area contributed by atoms with Gasteiger partial charge in [0.2, 0.25) is 11.7 Å². The second-order valence-electron chi connectivity index (χ2n) is 6.44. The molecule has 3 rings (SSSR count). The molecule has 0 aliphatic carbocycles. The van der Waals surface area contributed by atoms with Crippen molar-refractivity contribution in [2.24, 2.45) is 0 Å². The molecule has 0 bridgehead atoms. The molecule has 29 heavy (non-hydrogen) atoms. The highest BCUT2D eigenvalue weighted by atomic mass is 16.5. The highest BCUT2D eigenvalue weighted by molar-refractivity contribution is 5.54. The molecule has 7 heteroatoms. The third kappa shape index (κ3) is 5.28. The van der Waals surface area contributed by atoms with Crippen LogP contribution in [0.15, 0.2) is 48.5 Å². The van der Waals surface area contributed by atoms with Crippen molar-refractivity contribution in [1.82, 2.24) is 9.97 Å². The molecule has 0 saturated carbocycles. The van der Waals surface area contributed by atoms with Gasteiger partial charge in [0.15, 0.2) is 11.5 Å². The van der Waals surface area contributed by atoms with E-state index in [9.17, 15) is 0 Å². The molecule has 0 aliphatic rings. The van der Waals surface area contributed by atoms with Crippen molar-refractivity contribution in [2.75, 3.05) is 32.0 Å². The monoisotopic (exact) mass is 394 g/mol. The van der Waals surface area contributed by atoms with E-state index < -0.39 is 0 Å². The molecule has 0 saturated heterocycles. The van der Waals surface area contributed by atoms with Crippen LogP contribution in [0.3, 0.4) is 0 Å². The molecule has 2 N–H and O–H groups in total. The van der Waals surface area contributed by atoms with E-state index in [1.807, 2.05) is 43.3 Å². The van der Waals surface area contributed by atoms with E-state index in [1.54, 1.807) is 21.3 Å². The molecule has 0 fully saturated rings. The Morgan fingerprint density at radius 3 is 2.03 bits per heavy atom. The van der Waals surface area contributed by atoms with Crippen LogP contribution in [0, 0.1) is 6.92 Å². The summed E-state index contributed by atoms with van der Waals surface area (Å²) >= 11 is 0. The fourth-order valence-corrected chi connectivity index (χ4v) is 2.95. The number of methoxy groups -OCH3 is 3. The standard InChI is InChI=1S/C22H26N4O3/c1-15-10-20(23-13-16-8-6-5-7-9-16)26-22(25-15)24-14-17-11-18(27-2)21(29-4)19(12-17)28-3/h5-12H,13-14H2,1-4H3,(H2,23,24,25,26). The van der Waals surface area contributed by atoms with Gasteiger partial charge in [0, 0.05) is 24.8 Å². The molecule has 0 spiro atoms. The summed E-state index contributed by atoms with van der Waals surface area (Å²) in [7, 11) is 4.79. The third-order valence-corrected chi connectivity index (χ3v) is 4.35. The second-order valence-corrected chi connectivity index (χ2v) is 6.44. The Morgan fingerprint density at radius 2 is 1.41 bits per heavy atom. The number of rotatable bonds is 9. The van der Waals surface area contributed by atoms with Crippen molar-refractivity contribution < 1.29 is 14.2 Å². The summed E-state index contributed by atoms with van der Waals surface area (Å²) in [6.07, 6.45) is 0. The Morgan fingerprint density at radius 1 is 0.759 bits per heavy atom. The zero-order valence-electron chi connectivity index (χ0n) is 17.2. The van der Waals surface area contributed by atoms with Crippen LogP contribution in [-0.2, 0) is 13.1 Å². The smallest absolute Gasteiger partial charge is 0.225 e. The van der Waals surface area contributed by atoms with Crippen LogP contribution < -0.4 is 24.8 Å². The number of anilines is 2. The lowest BCUT2D eigenvalue weighted by atomic mass is 10.2. The Balaban J connectivity index is 1.71. The molecule has 0 amide bonds. The maximum absolute atomic E-state index is 5.41. The van der Waals surface area contributed by atoms with Crippen LogP contribution in [0.4, 0.5) is 11.8 Å². The minimum absolute atomic E-state index is 0.512. The molecule has 0 atom stereocenters. The molecule has 7 nitrogen and oxygen atoms in total. The van der Waals surface area contributed by atoms with Crippen LogP contribution in [0.2, 0.25) is 0 Å². The Labute approximate surface area is 171 Å². The highest BCUT2D eigenvalue weighted by Gasteiger charge is 2.13. The lowest BCUT2D eigenvalue weighted by Crippen LogP contribution is -2.08. The number of hydrogen-bond donors (Lipinski definition) is 2. The van der Waals surface area contributed by atoms with Gasteiger partial charge in [-0.1, -0.05) is 30.3 Å². The third-order valence-electron chi connectivity index (χ3n) is 4.35. The van der Waals surface area contributed by atoms with E-state index in [4.69, 9.17) is 14.2 Å². The number of benzene rings is 2. The van der Waals surface area contributed by atoms with Crippen molar-refractivity contribution in [3.63, 3.8) is 0 Å². The topological polar surface area (TPSA) is 77.5 Å². The first-order chi connectivity index (χ1) is 14.1. The normalized spacial score (nSPS) is 10.3. The SMILES string of the molecule is COc1cc(CNc2nc(C)cc(NCc3ccccc3)n2)cc(OC)c1OC. The molecule has 0 aliphatic heterocycles. The van der Waals surface area contributed by atoms with Crippen LogP contribution in [0.5, 0.6) is 17.2 Å². The number of nitrogens with zero attached hydrogens (tertiary/aromatic N) is 2. The molecular formula is C22H26N4O3. The van der Waals surface area contributed by atoms with Gasteiger partial charge in [-0.05, 0) is 30.2 Å². The predicted molar refractivity (Wildman–Crippen MR) is 114 cm³/mol. The Kier molecular flexibility index (Phi) is 6.73. The van der Waals surface area contributed by atoms with E-state index in [0.29, 0.717) is 36.3 Å². The summed E-state index contributed by atoms with van der Waals surface area (Å²) in [6, 6.07) is 15.9. The van der Waals surface area contributed by atoms with E-state index in [2.05, 4.69) is 32.7 Å². The fraction of sp³-hybridized carbons (Fsp3) is 0.273. The maximum atomic E-state index is 5.41. The van der Waals surface area contributed by atoms with Crippen molar-refractivity contribution in [2.45, 2.75) is 20.0 Å². The minimum Gasteiger partial charge on any atom is -0.493 e. The van der Waals surface area contributed by atoms with Gasteiger partial charge >= 0.3 is 0 Å². The summed E-state index contributed by atoms with van der Waals surface area (Å²) in [6.45, 7) is 3.15. The lowest BCUT2D eigenvalue weighted by Gasteiger charge is -2.15. The fourth-order valence-electron chi connectivity index (χ4n) is 2.95. The average molecular weight is 394 g/mol. The summed E-state index contributed by atoms with van der Waals surface area (Å²) < 4.78 is 16.2. The Bertz CT molecular complexity index is 923. The molecule has 1 heterocycles. The van der Waals surface area contributed by atoms with Crippen LogP contribution >= 0.6 is 0 Å². The van der Waals surface area contributed by atoms with Gasteiger partial charge in [-0.2, -0.15) is 4.98 Å². The van der Waals surface area contributed by atoms with Gasteiger partial charge in [-0.3, -0.25) is 0 Å². The van der Waals surface area contributed by atoms with Crippen molar-refractivity contribution in [3.05, 3.63) is 65.4 Å². The lowest BCUT2D eigenvalue weighted by molar-refractivity contribution is 0.324. The van der Waals surface area contributed by atoms with Gasteiger partial charge < -0.3 is 24.8 Å². The average Bonchev–Trinajstić information content (AvgIpc) is 2.75. The molecular weight excluding hydrogens is 368 g/mol. The van der Waals surface area contributed by atoms with Gasteiger partial charge in [0.05, 0.1) is 21.3 Å². The predicted octanol–water partition coefficient (Wildman–Crippen LogP) is 4.04. The van der Waals surface area contributed by atoms with Crippen LogP contribution in [0.25, 0.3) is 0 Å². The largest absolute Gasteiger partial charge is 0.493 e. The summed E-state index contributed by atoms with van der Waals surface area (Å²) in [5, 5.41) is 6.61. The molecule has 3 aromatic rings. The number of ether oxygens (including phenoxy) is 3. The molecule has 1 aromatic heterocycles. The minimum atomic E-state index is 0.512. The molecule has 0 unspecified atom stereocenters. The summed E-state index contributed by atoms with van der Waals surface area (Å²) in [5.74, 6) is 3.11. The zero-order chi connectivity index (χ0) is 20.6. The van der Waals surface area contributed by atoms with Gasteiger partial charge in [0.1, 0.15) is 5.82 Å². The first-order valence-electron chi connectivity index (χ1n) is 9.29. The summed E-state index contributed by atoms with van der Waals surface area (Å²) in [4.78, 5) is 9.04. The quantitative estimate of drug-likeness (QED) is 0.567. The molecule has 0 radical (unpaired) electrons. The second kappa shape index (κ2) is 9.64. The number of hydrogen-bond acceptors (Lipinski definition) is 7. The number of aryl methyl sites for hydroxylation is 1. The number of nitrogens with one attached hydrogen (secondary N) is 2. The molecule has 152 valence electrons. The van der Waals surface area contributed by atoms with Gasteiger partial charge in [0.25, 0.3) is 0 Å².